The van der Waals surface area contributed by atoms with E-state index in [1.807, 2.05) is 48.0 Å². The number of methoxy groups -OCH3 is 1. The third-order valence-corrected chi connectivity index (χ3v) is 4.17. The van der Waals surface area contributed by atoms with Crippen LogP contribution >= 0.6 is 0 Å². The molecule has 0 fully saturated rings. The molecule has 0 spiro atoms. The lowest BCUT2D eigenvalue weighted by molar-refractivity contribution is 0.414. The Bertz CT molecular complexity index is 871. The van der Waals surface area contributed by atoms with Crippen LogP contribution in [-0.4, -0.2) is 53.2 Å². The normalized spacial score (nSPS) is 11.6. The SMILES string of the molecule is CN=C(NCCc1nnc2ccccn12)N(C)Cc1ccc(OC)cc1. The first-order chi connectivity index (χ1) is 12.7. The van der Waals surface area contributed by atoms with E-state index >= 15 is 0 Å². The number of guanidine groups is 1. The lowest BCUT2D eigenvalue weighted by atomic mass is 10.2. The number of pyridine rings is 1. The minimum Gasteiger partial charge on any atom is -0.497 e. The topological polar surface area (TPSA) is 67.0 Å². The minimum absolute atomic E-state index is 0.731. The van der Waals surface area contributed by atoms with Crippen LogP contribution in [0.4, 0.5) is 0 Å². The summed E-state index contributed by atoms with van der Waals surface area (Å²) >= 11 is 0. The van der Waals surface area contributed by atoms with Gasteiger partial charge in [-0.3, -0.25) is 9.39 Å². The van der Waals surface area contributed by atoms with Crippen molar-refractivity contribution in [2.75, 3.05) is 27.7 Å². The van der Waals surface area contributed by atoms with E-state index in [9.17, 15) is 0 Å². The first-order valence-electron chi connectivity index (χ1n) is 8.54. The molecule has 0 atom stereocenters. The molecule has 0 unspecified atom stereocenters. The van der Waals surface area contributed by atoms with Crippen molar-refractivity contribution in [2.45, 2.75) is 13.0 Å². The summed E-state index contributed by atoms with van der Waals surface area (Å²) < 4.78 is 7.20. The molecule has 3 rings (SSSR count). The van der Waals surface area contributed by atoms with Crippen molar-refractivity contribution in [3.63, 3.8) is 0 Å². The predicted octanol–water partition coefficient (Wildman–Crippen LogP) is 1.99. The van der Waals surface area contributed by atoms with Gasteiger partial charge in [0.2, 0.25) is 0 Å². The number of hydrogen-bond acceptors (Lipinski definition) is 4. The number of ether oxygens (including phenoxy) is 1. The fraction of sp³-hybridized carbons (Fsp3) is 0.316. The van der Waals surface area contributed by atoms with Gasteiger partial charge in [-0.2, -0.15) is 0 Å². The molecule has 0 aliphatic heterocycles. The second-order valence-electron chi connectivity index (χ2n) is 5.97. The lowest BCUT2D eigenvalue weighted by Gasteiger charge is -2.22. The van der Waals surface area contributed by atoms with Crippen molar-refractivity contribution >= 4 is 11.6 Å². The summed E-state index contributed by atoms with van der Waals surface area (Å²) in [6.45, 7) is 1.49. The smallest absolute Gasteiger partial charge is 0.193 e. The molecule has 2 aromatic heterocycles. The molecule has 0 saturated carbocycles. The van der Waals surface area contributed by atoms with Crippen LogP contribution in [0.25, 0.3) is 5.65 Å². The highest BCUT2D eigenvalue weighted by Crippen LogP contribution is 2.12. The largest absolute Gasteiger partial charge is 0.497 e. The van der Waals surface area contributed by atoms with E-state index in [0.29, 0.717) is 0 Å². The van der Waals surface area contributed by atoms with E-state index in [2.05, 4.69) is 37.5 Å². The Balaban J connectivity index is 1.55. The minimum atomic E-state index is 0.731. The molecule has 1 aromatic carbocycles. The average Bonchev–Trinajstić information content (AvgIpc) is 3.09. The second-order valence-corrected chi connectivity index (χ2v) is 5.97. The van der Waals surface area contributed by atoms with Gasteiger partial charge < -0.3 is 15.0 Å². The van der Waals surface area contributed by atoms with E-state index in [0.717, 1.165) is 42.7 Å². The Morgan fingerprint density at radius 1 is 1.19 bits per heavy atom. The molecular formula is C19H24N6O. The molecule has 7 nitrogen and oxygen atoms in total. The number of nitrogens with zero attached hydrogens (tertiary/aromatic N) is 5. The standard InChI is InChI=1S/C19H24N6O/c1-20-19(24(2)14-15-7-9-16(26-3)10-8-15)21-12-11-18-23-22-17-6-4-5-13-25(17)18/h4-10,13H,11-12,14H2,1-3H3,(H,20,21). The van der Waals surface area contributed by atoms with Crippen molar-refractivity contribution in [3.05, 3.63) is 60.0 Å². The molecule has 0 amide bonds. The number of fused-ring (bicyclic) bond motifs is 1. The molecule has 0 radical (unpaired) electrons. The summed E-state index contributed by atoms with van der Waals surface area (Å²) in [6, 6.07) is 13.9. The quantitative estimate of drug-likeness (QED) is 0.543. The number of aromatic nitrogens is 3. The van der Waals surface area contributed by atoms with Gasteiger partial charge in [0, 0.05) is 39.8 Å². The number of nitrogens with one attached hydrogen (secondary N) is 1. The lowest BCUT2D eigenvalue weighted by Crippen LogP contribution is -2.39. The van der Waals surface area contributed by atoms with Gasteiger partial charge in [0.25, 0.3) is 0 Å². The van der Waals surface area contributed by atoms with Crippen molar-refractivity contribution in [3.8, 4) is 5.75 Å². The Kier molecular flexibility index (Phi) is 5.68. The molecule has 0 saturated heterocycles. The number of rotatable bonds is 6. The van der Waals surface area contributed by atoms with Crippen LogP contribution in [0.2, 0.25) is 0 Å². The van der Waals surface area contributed by atoms with Crippen LogP contribution in [0.5, 0.6) is 5.75 Å². The fourth-order valence-corrected chi connectivity index (χ4v) is 2.81. The van der Waals surface area contributed by atoms with Crippen LogP contribution in [-0.2, 0) is 13.0 Å². The van der Waals surface area contributed by atoms with E-state index in [4.69, 9.17) is 4.74 Å². The molecule has 26 heavy (non-hydrogen) atoms. The van der Waals surface area contributed by atoms with Gasteiger partial charge in [0.15, 0.2) is 11.6 Å². The maximum atomic E-state index is 5.20. The molecule has 2 heterocycles. The molecule has 0 aliphatic carbocycles. The van der Waals surface area contributed by atoms with Crippen LogP contribution in [0.15, 0.2) is 53.7 Å². The van der Waals surface area contributed by atoms with Gasteiger partial charge >= 0.3 is 0 Å². The van der Waals surface area contributed by atoms with Gasteiger partial charge in [0.05, 0.1) is 7.11 Å². The summed E-state index contributed by atoms with van der Waals surface area (Å²) in [4.78, 5) is 6.45. The number of benzene rings is 1. The highest BCUT2D eigenvalue weighted by molar-refractivity contribution is 5.79. The third-order valence-electron chi connectivity index (χ3n) is 4.17. The summed E-state index contributed by atoms with van der Waals surface area (Å²) in [5, 5.41) is 11.8. The molecule has 1 N–H and O–H groups in total. The first-order valence-corrected chi connectivity index (χ1v) is 8.54. The van der Waals surface area contributed by atoms with Gasteiger partial charge in [-0.1, -0.05) is 18.2 Å². The van der Waals surface area contributed by atoms with Gasteiger partial charge in [-0.15, -0.1) is 10.2 Å². The summed E-state index contributed by atoms with van der Waals surface area (Å²) in [6.07, 6.45) is 2.75. The van der Waals surface area contributed by atoms with Gasteiger partial charge in [-0.05, 0) is 29.8 Å². The molecule has 0 bridgehead atoms. The summed E-state index contributed by atoms with van der Waals surface area (Å²) in [7, 11) is 5.48. The van der Waals surface area contributed by atoms with E-state index in [1.54, 1.807) is 14.2 Å². The van der Waals surface area contributed by atoms with E-state index in [-0.39, 0.29) is 0 Å². The molecule has 7 heteroatoms. The van der Waals surface area contributed by atoms with Crippen molar-refractivity contribution < 1.29 is 4.74 Å². The zero-order valence-electron chi connectivity index (χ0n) is 15.4. The van der Waals surface area contributed by atoms with Crippen LogP contribution in [0.1, 0.15) is 11.4 Å². The second kappa shape index (κ2) is 8.33. The van der Waals surface area contributed by atoms with Crippen LogP contribution < -0.4 is 10.1 Å². The molecular weight excluding hydrogens is 328 g/mol. The maximum absolute atomic E-state index is 5.20. The molecule has 136 valence electrons. The Morgan fingerprint density at radius 3 is 2.73 bits per heavy atom. The van der Waals surface area contributed by atoms with Crippen LogP contribution in [0.3, 0.4) is 0 Å². The highest BCUT2D eigenvalue weighted by Gasteiger charge is 2.08. The Hall–Kier alpha value is -3.09. The maximum Gasteiger partial charge on any atom is 0.193 e. The third kappa shape index (κ3) is 4.11. The molecule has 3 aromatic rings. The molecule has 0 aliphatic rings. The summed E-state index contributed by atoms with van der Waals surface area (Å²) in [5.74, 6) is 2.63. The van der Waals surface area contributed by atoms with E-state index in [1.165, 1.54) is 5.56 Å². The number of aliphatic imine (C=N–C) groups is 1. The first kappa shape index (κ1) is 17.7. The van der Waals surface area contributed by atoms with Gasteiger partial charge in [0.1, 0.15) is 11.6 Å². The van der Waals surface area contributed by atoms with Crippen LogP contribution in [0, 0.1) is 0 Å². The fourth-order valence-electron chi connectivity index (χ4n) is 2.81. The highest BCUT2D eigenvalue weighted by atomic mass is 16.5. The van der Waals surface area contributed by atoms with Crippen molar-refractivity contribution in [2.24, 2.45) is 4.99 Å². The average molecular weight is 352 g/mol. The van der Waals surface area contributed by atoms with Gasteiger partial charge in [-0.25, -0.2) is 0 Å². The van der Waals surface area contributed by atoms with Crippen molar-refractivity contribution in [1.82, 2.24) is 24.8 Å². The zero-order chi connectivity index (χ0) is 18.4. The zero-order valence-corrected chi connectivity index (χ0v) is 15.4. The van der Waals surface area contributed by atoms with Crippen molar-refractivity contribution in [1.29, 1.82) is 0 Å². The number of hydrogen-bond donors (Lipinski definition) is 1. The summed E-state index contributed by atoms with van der Waals surface area (Å²) in [5.41, 5.74) is 2.06. The monoisotopic (exact) mass is 352 g/mol. The predicted molar refractivity (Wildman–Crippen MR) is 103 cm³/mol. The Labute approximate surface area is 153 Å². The Morgan fingerprint density at radius 2 is 2.00 bits per heavy atom. The van der Waals surface area contributed by atoms with E-state index < -0.39 is 0 Å².